The molecule has 1 nitrogen and oxygen atoms in total. The van der Waals surface area contributed by atoms with Crippen molar-refractivity contribution in [3.8, 4) is 0 Å². The van der Waals surface area contributed by atoms with E-state index in [2.05, 4.69) is 34.2 Å². The van der Waals surface area contributed by atoms with Crippen LogP contribution in [0.2, 0.25) is 0 Å². The van der Waals surface area contributed by atoms with Crippen LogP contribution in [0, 0.1) is 3.57 Å². The number of hydrogen-bond donors (Lipinski definition) is 0. The van der Waals surface area contributed by atoms with Gasteiger partial charge in [-0.1, -0.05) is 6.58 Å². The molecule has 1 aromatic rings. The molecule has 2 heteroatoms. The smallest absolute Gasteiger partial charge is 0.0757 e. The van der Waals surface area contributed by atoms with Crippen LogP contribution < -0.4 is 0 Å². The Morgan fingerprint density at radius 3 is 2.89 bits per heavy atom. The van der Waals surface area contributed by atoms with E-state index >= 15 is 0 Å². The lowest BCUT2D eigenvalue weighted by molar-refractivity contribution is 1.27. The van der Waals surface area contributed by atoms with E-state index in [9.17, 15) is 0 Å². The summed E-state index contributed by atoms with van der Waals surface area (Å²) in [4.78, 5) is 4.07. The molecule has 1 heterocycles. The fourth-order valence-corrected chi connectivity index (χ4v) is 1.12. The Hall–Kier alpha value is -0.380. The minimum atomic E-state index is 0.957. The average molecular weight is 231 g/mol. The number of aromatic nitrogens is 1. The van der Waals surface area contributed by atoms with Crippen LogP contribution in [0.3, 0.4) is 0 Å². The minimum absolute atomic E-state index is 0.957. The van der Waals surface area contributed by atoms with Gasteiger partial charge in [0.15, 0.2) is 0 Å². The maximum absolute atomic E-state index is 4.07. The fraction of sp³-hybridized carbons (Fsp3) is 0. The maximum atomic E-state index is 4.07. The summed E-state index contributed by atoms with van der Waals surface area (Å²) >= 11 is 2.23. The molecule has 0 aliphatic heterocycles. The highest BCUT2D eigenvalue weighted by molar-refractivity contribution is 14.1. The van der Waals surface area contributed by atoms with Crippen molar-refractivity contribution in [1.82, 2.24) is 4.98 Å². The summed E-state index contributed by atoms with van der Waals surface area (Å²) in [7, 11) is 0. The van der Waals surface area contributed by atoms with Crippen LogP contribution >= 0.6 is 22.6 Å². The van der Waals surface area contributed by atoms with Crippen LogP contribution in [0.1, 0.15) is 5.69 Å². The minimum Gasteiger partial charge on any atom is -0.256 e. The van der Waals surface area contributed by atoms with Crippen LogP contribution in [-0.4, -0.2) is 4.98 Å². The van der Waals surface area contributed by atoms with E-state index in [1.165, 1.54) is 0 Å². The van der Waals surface area contributed by atoms with Gasteiger partial charge in [0, 0.05) is 9.77 Å². The van der Waals surface area contributed by atoms with Gasteiger partial charge in [0.25, 0.3) is 0 Å². The highest BCUT2D eigenvalue weighted by atomic mass is 127. The van der Waals surface area contributed by atoms with E-state index in [4.69, 9.17) is 0 Å². The molecule has 0 saturated heterocycles. The highest BCUT2D eigenvalue weighted by Crippen LogP contribution is 2.08. The number of pyridine rings is 1. The number of hydrogen-bond acceptors (Lipinski definition) is 1. The van der Waals surface area contributed by atoms with Crippen molar-refractivity contribution in [3.05, 3.63) is 34.2 Å². The van der Waals surface area contributed by atoms with Gasteiger partial charge in [0.1, 0.15) is 0 Å². The summed E-state index contributed by atoms with van der Waals surface area (Å²) in [6, 6.07) is 3.92. The van der Waals surface area contributed by atoms with E-state index < -0.39 is 0 Å². The molecular weight excluding hydrogens is 225 g/mol. The summed E-state index contributed by atoms with van der Waals surface area (Å²) in [5, 5.41) is 0. The molecule has 0 aliphatic rings. The molecule has 0 unspecified atom stereocenters. The lowest BCUT2D eigenvalue weighted by atomic mass is 10.3. The zero-order valence-electron chi connectivity index (χ0n) is 4.84. The quantitative estimate of drug-likeness (QED) is 0.676. The van der Waals surface area contributed by atoms with Crippen molar-refractivity contribution in [2.24, 2.45) is 0 Å². The molecule has 0 N–H and O–H groups in total. The summed E-state index contributed by atoms with van der Waals surface area (Å²) in [6.07, 6.45) is 3.51. The molecule has 1 aromatic heterocycles. The summed E-state index contributed by atoms with van der Waals surface area (Å²) in [5.74, 6) is 0. The Balaban J connectivity index is 3.15. The second kappa shape index (κ2) is 2.96. The molecule has 0 spiro atoms. The monoisotopic (exact) mass is 231 g/mol. The normalized spacial score (nSPS) is 9.00. The Morgan fingerprint density at radius 2 is 2.44 bits per heavy atom. The predicted molar refractivity (Wildman–Crippen MR) is 47.0 cm³/mol. The predicted octanol–water partition coefficient (Wildman–Crippen LogP) is 2.33. The number of nitrogens with zero attached hydrogens (tertiary/aromatic N) is 1. The second-order valence-corrected chi connectivity index (χ2v) is 2.74. The lowest BCUT2D eigenvalue weighted by Crippen LogP contribution is -1.81. The zero-order chi connectivity index (χ0) is 6.69. The molecule has 0 saturated carbocycles. The number of rotatable bonds is 1. The van der Waals surface area contributed by atoms with E-state index in [1.54, 1.807) is 12.3 Å². The standard InChI is InChI=1S/C7H6IN/c1-2-7-6(8)4-3-5-9-7/h2-5H,1H2. The fourth-order valence-electron chi connectivity index (χ4n) is 0.548. The number of halogens is 1. The van der Waals surface area contributed by atoms with Crippen LogP contribution in [0.15, 0.2) is 24.9 Å². The van der Waals surface area contributed by atoms with Crippen molar-refractivity contribution < 1.29 is 0 Å². The highest BCUT2D eigenvalue weighted by Gasteiger charge is 1.90. The van der Waals surface area contributed by atoms with Crippen molar-refractivity contribution in [2.45, 2.75) is 0 Å². The first-order valence-corrected chi connectivity index (χ1v) is 3.65. The Bertz CT molecular complexity index is 220. The van der Waals surface area contributed by atoms with Crippen molar-refractivity contribution in [3.63, 3.8) is 0 Å². The van der Waals surface area contributed by atoms with Crippen LogP contribution in [0.4, 0.5) is 0 Å². The molecule has 46 valence electrons. The zero-order valence-corrected chi connectivity index (χ0v) is 7.00. The Kier molecular flexibility index (Phi) is 2.22. The van der Waals surface area contributed by atoms with Gasteiger partial charge in [0.2, 0.25) is 0 Å². The summed E-state index contributed by atoms with van der Waals surface area (Å²) < 4.78 is 1.14. The van der Waals surface area contributed by atoms with Crippen LogP contribution in [0.5, 0.6) is 0 Å². The Morgan fingerprint density at radius 1 is 1.67 bits per heavy atom. The molecule has 1 rings (SSSR count). The van der Waals surface area contributed by atoms with Crippen LogP contribution in [-0.2, 0) is 0 Å². The van der Waals surface area contributed by atoms with E-state index in [0.29, 0.717) is 0 Å². The van der Waals surface area contributed by atoms with E-state index in [0.717, 1.165) is 9.26 Å². The molecule has 0 radical (unpaired) electrons. The molecule has 0 bridgehead atoms. The largest absolute Gasteiger partial charge is 0.256 e. The van der Waals surface area contributed by atoms with Gasteiger partial charge in [-0.3, -0.25) is 4.98 Å². The van der Waals surface area contributed by atoms with Gasteiger partial charge >= 0.3 is 0 Å². The van der Waals surface area contributed by atoms with Crippen molar-refractivity contribution in [1.29, 1.82) is 0 Å². The Labute approximate surface area is 68.0 Å². The molecule has 0 amide bonds. The van der Waals surface area contributed by atoms with E-state index in [1.807, 2.05) is 12.1 Å². The summed E-state index contributed by atoms with van der Waals surface area (Å²) in [5.41, 5.74) is 0.957. The molecule has 9 heavy (non-hydrogen) atoms. The SMILES string of the molecule is C=Cc1ncccc1I. The van der Waals surface area contributed by atoms with Crippen LogP contribution in [0.25, 0.3) is 6.08 Å². The van der Waals surface area contributed by atoms with Crippen molar-refractivity contribution >= 4 is 28.7 Å². The summed E-state index contributed by atoms with van der Waals surface area (Å²) in [6.45, 7) is 3.62. The van der Waals surface area contributed by atoms with E-state index in [-0.39, 0.29) is 0 Å². The second-order valence-electron chi connectivity index (χ2n) is 1.57. The van der Waals surface area contributed by atoms with Gasteiger partial charge in [-0.2, -0.15) is 0 Å². The third-order valence-electron chi connectivity index (χ3n) is 0.980. The van der Waals surface area contributed by atoms with Gasteiger partial charge in [-0.15, -0.1) is 0 Å². The molecule has 0 atom stereocenters. The van der Waals surface area contributed by atoms with Gasteiger partial charge < -0.3 is 0 Å². The van der Waals surface area contributed by atoms with Gasteiger partial charge in [-0.25, -0.2) is 0 Å². The molecule has 0 aromatic carbocycles. The topological polar surface area (TPSA) is 12.9 Å². The average Bonchev–Trinajstić information content (AvgIpc) is 1.89. The van der Waals surface area contributed by atoms with Crippen molar-refractivity contribution in [2.75, 3.05) is 0 Å². The first kappa shape index (κ1) is 6.74. The van der Waals surface area contributed by atoms with Gasteiger partial charge in [-0.05, 0) is 40.8 Å². The first-order chi connectivity index (χ1) is 4.34. The molecular formula is C7H6IN. The third-order valence-corrected chi connectivity index (χ3v) is 1.89. The first-order valence-electron chi connectivity index (χ1n) is 2.57. The third kappa shape index (κ3) is 1.51. The van der Waals surface area contributed by atoms with Gasteiger partial charge in [0.05, 0.1) is 5.69 Å². The maximum Gasteiger partial charge on any atom is 0.0757 e. The molecule has 0 aliphatic carbocycles. The molecule has 0 fully saturated rings. The lowest BCUT2D eigenvalue weighted by Gasteiger charge is -1.92.